The molecule has 1 aromatic rings. The van der Waals surface area contributed by atoms with Gasteiger partial charge in [0.2, 0.25) is 0 Å². The van der Waals surface area contributed by atoms with Gasteiger partial charge in [0.1, 0.15) is 5.76 Å². The molecule has 1 aliphatic rings. The number of hydrogen-bond donors (Lipinski definition) is 3. The quantitative estimate of drug-likeness (QED) is 0.213. The van der Waals surface area contributed by atoms with Gasteiger partial charge in [-0.3, -0.25) is 4.99 Å². The van der Waals surface area contributed by atoms with E-state index in [1.54, 1.807) is 6.26 Å². The number of guanidine groups is 1. The zero-order chi connectivity index (χ0) is 16.9. The Morgan fingerprint density at radius 1 is 1.16 bits per heavy atom. The number of furan rings is 1. The van der Waals surface area contributed by atoms with Crippen molar-refractivity contribution in [1.82, 2.24) is 10.6 Å². The summed E-state index contributed by atoms with van der Waals surface area (Å²) in [4.78, 5) is 4.74. The molecule has 0 amide bonds. The van der Waals surface area contributed by atoms with E-state index < -0.39 is 0 Å². The first-order valence-corrected chi connectivity index (χ1v) is 9.56. The lowest BCUT2D eigenvalue weighted by atomic mass is 9.96. The third-order valence-corrected chi connectivity index (χ3v) is 4.53. The average molecular weight is 463 g/mol. The Labute approximate surface area is 169 Å². The Morgan fingerprint density at radius 3 is 2.68 bits per heavy atom. The van der Waals surface area contributed by atoms with Crippen LogP contribution in [0.15, 0.2) is 27.8 Å². The van der Waals surface area contributed by atoms with Gasteiger partial charge in [0.15, 0.2) is 5.96 Å². The van der Waals surface area contributed by atoms with E-state index in [1.807, 2.05) is 12.1 Å². The van der Waals surface area contributed by atoms with E-state index in [0.29, 0.717) is 12.6 Å². The summed E-state index contributed by atoms with van der Waals surface area (Å²) in [5.41, 5.74) is 0. The Balaban J connectivity index is 0.00000312. The molecule has 0 atom stereocenters. The van der Waals surface area contributed by atoms with Crippen molar-refractivity contribution >= 4 is 29.9 Å². The van der Waals surface area contributed by atoms with E-state index in [9.17, 15) is 0 Å². The molecule has 1 aliphatic carbocycles. The van der Waals surface area contributed by atoms with Crippen molar-refractivity contribution in [2.45, 2.75) is 70.3 Å². The summed E-state index contributed by atoms with van der Waals surface area (Å²) in [6.45, 7) is 1.97. The maximum absolute atomic E-state index is 8.81. The van der Waals surface area contributed by atoms with E-state index in [0.717, 1.165) is 56.9 Å². The van der Waals surface area contributed by atoms with Crippen LogP contribution in [-0.4, -0.2) is 36.8 Å². The van der Waals surface area contributed by atoms with Gasteiger partial charge in [0.25, 0.3) is 0 Å². The van der Waals surface area contributed by atoms with Crippen molar-refractivity contribution in [2.24, 2.45) is 4.99 Å². The summed E-state index contributed by atoms with van der Waals surface area (Å²) in [6, 6.07) is 4.49. The standard InChI is InChI=1S/C19H33N3O2.HI/c23-15-7-2-1-6-13-20-19(22-17-9-4-3-5-10-17)21-14-12-18-11-8-16-24-18;/h8,11,16-17,23H,1-7,9-10,12-15H2,(H2,20,21,22);1H. The molecule has 0 spiro atoms. The van der Waals surface area contributed by atoms with Crippen LogP contribution in [0.25, 0.3) is 0 Å². The van der Waals surface area contributed by atoms with Gasteiger partial charge in [0, 0.05) is 32.2 Å². The molecule has 0 bridgehead atoms. The monoisotopic (exact) mass is 463 g/mol. The van der Waals surface area contributed by atoms with E-state index in [4.69, 9.17) is 14.5 Å². The highest BCUT2D eigenvalue weighted by molar-refractivity contribution is 14.0. The van der Waals surface area contributed by atoms with Gasteiger partial charge < -0.3 is 20.2 Å². The zero-order valence-corrected chi connectivity index (χ0v) is 17.5. The molecule has 1 saturated carbocycles. The number of nitrogens with one attached hydrogen (secondary N) is 2. The predicted octanol–water partition coefficient (Wildman–Crippen LogP) is 3.86. The largest absolute Gasteiger partial charge is 0.469 e. The summed E-state index contributed by atoms with van der Waals surface area (Å²) in [6.07, 6.45) is 13.3. The van der Waals surface area contributed by atoms with Crippen molar-refractivity contribution in [2.75, 3.05) is 19.7 Å². The first-order valence-electron chi connectivity index (χ1n) is 9.56. The molecule has 1 fully saturated rings. The molecule has 1 aromatic heterocycles. The fourth-order valence-electron chi connectivity index (χ4n) is 3.12. The number of hydrogen-bond acceptors (Lipinski definition) is 3. The number of aliphatic hydroxyl groups is 1. The molecule has 3 N–H and O–H groups in total. The molecule has 2 rings (SSSR count). The van der Waals surface area contributed by atoms with Crippen LogP contribution in [0.1, 0.15) is 63.5 Å². The molecule has 0 radical (unpaired) electrons. The van der Waals surface area contributed by atoms with Gasteiger partial charge in [0.05, 0.1) is 6.26 Å². The van der Waals surface area contributed by atoms with E-state index in [1.165, 1.54) is 32.1 Å². The SMILES string of the molecule is I.OCCCCCCN=C(NCCc1ccco1)NC1CCCCC1. The number of rotatable bonds is 10. The van der Waals surface area contributed by atoms with E-state index in [-0.39, 0.29) is 24.0 Å². The van der Waals surface area contributed by atoms with Crippen LogP contribution in [0.4, 0.5) is 0 Å². The topological polar surface area (TPSA) is 69.8 Å². The van der Waals surface area contributed by atoms with Gasteiger partial charge in [-0.15, -0.1) is 24.0 Å². The molecule has 0 saturated heterocycles. The number of aliphatic imine (C=N–C) groups is 1. The molecular weight excluding hydrogens is 429 g/mol. The lowest BCUT2D eigenvalue weighted by Crippen LogP contribution is -2.45. The van der Waals surface area contributed by atoms with Crippen molar-refractivity contribution in [3.63, 3.8) is 0 Å². The molecule has 6 heteroatoms. The van der Waals surface area contributed by atoms with Gasteiger partial charge in [-0.2, -0.15) is 0 Å². The van der Waals surface area contributed by atoms with Crippen LogP contribution >= 0.6 is 24.0 Å². The molecule has 0 aliphatic heterocycles. The second-order valence-corrected chi connectivity index (χ2v) is 6.60. The van der Waals surface area contributed by atoms with Gasteiger partial charge in [-0.1, -0.05) is 32.1 Å². The van der Waals surface area contributed by atoms with Crippen molar-refractivity contribution in [1.29, 1.82) is 0 Å². The van der Waals surface area contributed by atoms with Crippen LogP contribution in [-0.2, 0) is 6.42 Å². The smallest absolute Gasteiger partial charge is 0.191 e. The second-order valence-electron chi connectivity index (χ2n) is 6.60. The van der Waals surface area contributed by atoms with Crippen LogP contribution in [0, 0.1) is 0 Å². The second kappa shape index (κ2) is 14.4. The van der Waals surface area contributed by atoms with Gasteiger partial charge in [-0.25, -0.2) is 0 Å². The number of aliphatic hydroxyl groups excluding tert-OH is 1. The Kier molecular flexibility index (Phi) is 12.8. The van der Waals surface area contributed by atoms with Crippen molar-refractivity contribution in [3.8, 4) is 0 Å². The minimum Gasteiger partial charge on any atom is -0.469 e. The Morgan fingerprint density at radius 2 is 1.96 bits per heavy atom. The molecule has 25 heavy (non-hydrogen) atoms. The highest BCUT2D eigenvalue weighted by Gasteiger charge is 2.14. The van der Waals surface area contributed by atoms with Gasteiger partial charge >= 0.3 is 0 Å². The Bertz CT molecular complexity index is 446. The van der Waals surface area contributed by atoms with E-state index >= 15 is 0 Å². The maximum atomic E-state index is 8.81. The molecule has 1 heterocycles. The summed E-state index contributed by atoms with van der Waals surface area (Å²) < 4.78 is 5.38. The van der Waals surface area contributed by atoms with Crippen LogP contribution in [0.2, 0.25) is 0 Å². The summed E-state index contributed by atoms with van der Waals surface area (Å²) in [5.74, 6) is 1.94. The number of unbranched alkanes of at least 4 members (excludes halogenated alkanes) is 3. The lowest BCUT2D eigenvalue weighted by molar-refractivity contribution is 0.282. The third-order valence-electron chi connectivity index (χ3n) is 4.53. The summed E-state index contributed by atoms with van der Waals surface area (Å²) >= 11 is 0. The van der Waals surface area contributed by atoms with Crippen LogP contribution in [0.3, 0.4) is 0 Å². The maximum Gasteiger partial charge on any atom is 0.191 e. The van der Waals surface area contributed by atoms with Crippen LogP contribution in [0.5, 0.6) is 0 Å². The first-order chi connectivity index (χ1) is 11.9. The van der Waals surface area contributed by atoms with Crippen molar-refractivity contribution in [3.05, 3.63) is 24.2 Å². The number of halogens is 1. The molecular formula is C19H34IN3O2. The van der Waals surface area contributed by atoms with Crippen molar-refractivity contribution < 1.29 is 9.52 Å². The minimum absolute atomic E-state index is 0. The number of nitrogens with zero attached hydrogens (tertiary/aromatic N) is 1. The normalized spacial score (nSPS) is 15.6. The third kappa shape index (κ3) is 10.1. The van der Waals surface area contributed by atoms with Crippen LogP contribution < -0.4 is 10.6 Å². The first kappa shape index (κ1) is 22.3. The average Bonchev–Trinajstić information content (AvgIpc) is 3.12. The molecule has 144 valence electrons. The Hall–Kier alpha value is -0.760. The minimum atomic E-state index is 0. The zero-order valence-electron chi connectivity index (χ0n) is 15.2. The predicted molar refractivity (Wildman–Crippen MR) is 114 cm³/mol. The molecule has 0 unspecified atom stereocenters. The highest BCUT2D eigenvalue weighted by atomic mass is 127. The fraction of sp³-hybridized carbons (Fsp3) is 0.737. The summed E-state index contributed by atoms with van der Waals surface area (Å²) in [7, 11) is 0. The lowest BCUT2D eigenvalue weighted by Gasteiger charge is -2.25. The molecule has 5 nitrogen and oxygen atoms in total. The summed E-state index contributed by atoms with van der Waals surface area (Å²) in [5, 5.41) is 15.9. The fourth-order valence-corrected chi connectivity index (χ4v) is 3.12. The van der Waals surface area contributed by atoms with E-state index in [2.05, 4.69) is 10.6 Å². The molecule has 0 aromatic carbocycles. The highest BCUT2D eigenvalue weighted by Crippen LogP contribution is 2.17. The van der Waals surface area contributed by atoms with Gasteiger partial charge in [-0.05, 0) is 37.8 Å².